The van der Waals surface area contributed by atoms with Gasteiger partial charge in [-0.3, -0.25) is 0 Å². The maximum atomic E-state index is 2.72. The van der Waals surface area contributed by atoms with Gasteiger partial charge in [0.2, 0.25) is 0 Å². The minimum absolute atomic E-state index is 0.276. The second-order valence-electron chi connectivity index (χ2n) is 23.1. The fraction of sp³-hybridized carbons (Fsp3) is 0.397. The Labute approximate surface area is 388 Å². The van der Waals surface area contributed by atoms with Gasteiger partial charge in [0.05, 0.1) is 11.4 Å². The van der Waals surface area contributed by atoms with E-state index in [1.165, 1.54) is 136 Å². The fourth-order valence-corrected chi connectivity index (χ4v) is 15.8. The summed E-state index contributed by atoms with van der Waals surface area (Å²) in [5.41, 5.74) is 16.6. The maximum Gasteiger partial charge on any atom is 0.0620 e. The smallest absolute Gasteiger partial charge is 0.0620 e. The summed E-state index contributed by atoms with van der Waals surface area (Å²) in [5.74, 6) is 6.26. The molecule has 0 spiro atoms. The molecule has 0 saturated heterocycles. The standard InChI is InChI=1S/C63H66N2/c1-38(2)43-13-19-52(20-14-43)64(54-11-7-9-40(5)25-54)60-57-24-18-50(63-36-47-29-51(63)30-48(47)37-63)32-59(57)61(65(55-12-8-10-41(6)26-55)53-21-15-44(16-22-53)39(3)4)56-23-17-49(31-58(56)60)62-33-42-27-45(34-62)46(28-42)35-62/h7-26,31-32,38-39,42,45-48,51H,27-30,33-37H2,1-6H3. The topological polar surface area (TPSA) is 6.48 Å². The van der Waals surface area contributed by atoms with E-state index in [0.717, 1.165) is 35.5 Å². The highest BCUT2D eigenvalue weighted by Gasteiger charge is 2.63. The third kappa shape index (κ3) is 6.10. The van der Waals surface area contributed by atoms with Crippen LogP contribution in [0.25, 0.3) is 21.5 Å². The molecule has 4 atom stereocenters. The van der Waals surface area contributed by atoms with Gasteiger partial charge in [-0.1, -0.05) is 100 Å². The average Bonchev–Trinajstić information content (AvgIpc) is 4.15. The Morgan fingerprint density at radius 2 is 0.892 bits per heavy atom. The molecule has 328 valence electrons. The lowest BCUT2D eigenvalue weighted by Gasteiger charge is -2.40. The number of fused-ring (bicyclic) bond motifs is 2. The molecule has 8 aliphatic rings. The highest BCUT2D eigenvalue weighted by atomic mass is 15.2. The van der Waals surface area contributed by atoms with Crippen LogP contribution in [0.3, 0.4) is 0 Å². The number of anilines is 6. The van der Waals surface area contributed by atoms with Crippen molar-refractivity contribution >= 4 is 55.7 Å². The van der Waals surface area contributed by atoms with Gasteiger partial charge in [0.15, 0.2) is 0 Å². The third-order valence-electron chi connectivity index (χ3n) is 18.6. The molecule has 0 amide bonds. The zero-order valence-electron chi connectivity index (χ0n) is 39.6. The number of aryl methyl sites for hydroxylation is 2. The van der Waals surface area contributed by atoms with Crippen molar-refractivity contribution in [2.75, 3.05) is 9.80 Å². The molecule has 0 heterocycles. The van der Waals surface area contributed by atoms with E-state index in [-0.39, 0.29) is 5.41 Å². The first kappa shape index (κ1) is 40.0. The summed E-state index contributed by atoms with van der Waals surface area (Å²) < 4.78 is 0. The molecule has 0 aromatic heterocycles. The quantitative estimate of drug-likeness (QED) is 0.0999. The summed E-state index contributed by atoms with van der Waals surface area (Å²) in [5, 5.41) is 5.40. The van der Waals surface area contributed by atoms with Crippen LogP contribution in [0.4, 0.5) is 34.1 Å². The Morgan fingerprint density at radius 3 is 1.32 bits per heavy atom. The molecule has 0 aliphatic heterocycles. The number of hydrogen-bond donors (Lipinski definition) is 0. The zero-order chi connectivity index (χ0) is 43.9. The number of rotatable bonds is 10. The van der Waals surface area contributed by atoms with Crippen LogP contribution in [0, 0.1) is 49.4 Å². The first-order chi connectivity index (χ1) is 31.5. The Bertz CT molecular complexity index is 2970. The minimum Gasteiger partial charge on any atom is -0.309 e. The Balaban J connectivity index is 1.16. The Morgan fingerprint density at radius 1 is 0.431 bits per heavy atom. The predicted molar refractivity (Wildman–Crippen MR) is 274 cm³/mol. The lowest BCUT2D eigenvalue weighted by molar-refractivity contribution is 0.229. The van der Waals surface area contributed by atoms with Crippen LogP contribution < -0.4 is 9.80 Å². The molecule has 8 fully saturated rings. The molecule has 8 aliphatic carbocycles. The summed E-state index contributed by atoms with van der Waals surface area (Å²) in [6.45, 7) is 13.7. The van der Waals surface area contributed by atoms with E-state index in [1.807, 2.05) is 0 Å². The van der Waals surface area contributed by atoms with Crippen LogP contribution in [0.1, 0.15) is 131 Å². The summed E-state index contributed by atoms with van der Waals surface area (Å²) >= 11 is 0. The van der Waals surface area contributed by atoms with E-state index in [4.69, 9.17) is 0 Å². The molecular weight excluding hydrogens is 785 g/mol. The monoisotopic (exact) mass is 851 g/mol. The normalized spacial score (nSPS) is 28.0. The van der Waals surface area contributed by atoms with E-state index in [9.17, 15) is 0 Å². The maximum absolute atomic E-state index is 2.72. The molecule has 2 nitrogen and oxygen atoms in total. The van der Waals surface area contributed by atoms with Crippen LogP contribution in [0.5, 0.6) is 0 Å². The Kier molecular flexibility index (Phi) is 8.97. The van der Waals surface area contributed by atoms with E-state index < -0.39 is 0 Å². The van der Waals surface area contributed by atoms with Crippen LogP contribution >= 0.6 is 0 Å². The Hall–Kier alpha value is -5.34. The van der Waals surface area contributed by atoms with E-state index in [0.29, 0.717) is 17.3 Å². The molecule has 15 rings (SSSR count). The van der Waals surface area contributed by atoms with Crippen LogP contribution in [-0.2, 0) is 10.8 Å². The molecule has 7 aromatic carbocycles. The van der Waals surface area contributed by atoms with Gasteiger partial charge >= 0.3 is 0 Å². The van der Waals surface area contributed by atoms with E-state index in [2.05, 4.69) is 185 Å². The molecular formula is C63H66N2. The van der Waals surface area contributed by atoms with Crippen molar-refractivity contribution in [2.45, 2.75) is 122 Å². The first-order valence-electron chi connectivity index (χ1n) is 25.5. The lowest BCUT2D eigenvalue weighted by Crippen LogP contribution is -2.31. The van der Waals surface area contributed by atoms with Gasteiger partial charge in [0, 0.05) is 44.3 Å². The van der Waals surface area contributed by atoms with E-state index in [1.54, 1.807) is 11.1 Å². The van der Waals surface area contributed by atoms with Crippen molar-refractivity contribution in [1.29, 1.82) is 0 Å². The van der Waals surface area contributed by atoms with Crippen molar-refractivity contribution in [1.82, 2.24) is 0 Å². The second-order valence-corrected chi connectivity index (χ2v) is 23.1. The van der Waals surface area contributed by atoms with Crippen LogP contribution in [0.15, 0.2) is 133 Å². The molecule has 0 radical (unpaired) electrons. The van der Waals surface area contributed by atoms with Gasteiger partial charge in [-0.25, -0.2) is 0 Å². The van der Waals surface area contributed by atoms with Crippen molar-refractivity contribution in [3.8, 4) is 0 Å². The number of nitrogens with zero attached hydrogens (tertiary/aromatic N) is 2. The van der Waals surface area contributed by atoms with E-state index >= 15 is 0 Å². The fourth-order valence-electron chi connectivity index (χ4n) is 15.8. The van der Waals surface area contributed by atoms with Gasteiger partial charge in [-0.15, -0.1) is 0 Å². The minimum atomic E-state index is 0.276. The van der Waals surface area contributed by atoms with Gasteiger partial charge in [-0.05, 0) is 224 Å². The van der Waals surface area contributed by atoms with Crippen LogP contribution in [-0.4, -0.2) is 0 Å². The average molecular weight is 851 g/mol. The highest BCUT2D eigenvalue weighted by molar-refractivity contribution is 6.23. The van der Waals surface area contributed by atoms with Gasteiger partial charge < -0.3 is 9.80 Å². The number of hydrogen-bond acceptors (Lipinski definition) is 2. The molecule has 8 saturated carbocycles. The first-order valence-corrected chi connectivity index (χ1v) is 25.5. The molecule has 4 unspecified atom stereocenters. The van der Waals surface area contributed by atoms with Crippen molar-refractivity contribution in [3.63, 3.8) is 0 Å². The van der Waals surface area contributed by atoms with Crippen molar-refractivity contribution in [2.24, 2.45) is 35.5 Å². The summed E-state index contributed by atoms with van der Waals surface area (Å²) in [4.78, 5) is 5.29. The molecule has 8 bridgehead atoms. The predicted octanol–water partition coefficient (Wildman–Crippen LogP) is 17.6. The SMILES string of the molecule is Cc1cccc(N(c2ccc(C(C)C)cc2)c2c3ccc(C45CC6CC4CC6C5)cc3c(N(c3ccc(C(C)C)cc3)c3cccc(C)c3)c3ccc(C45CC6CC(C4)C(C6)C5)cc23)c1. The molecule has 7 aromatic rings. The largest absolute Gasteiger partial charge is 0.309 e. The molecule has 65 heavy (non-hydrogen) atoms. The van der Waals surface area contributed by atoms with Crippen LogP contribution in [0.2, 0.25) is 0 Å². The second kappa shape index (κ2) is 14.6. The summed E-state index contributed by atoms with van der Waals surface area (Å²) in [6.07, 6.45) is 12.6. The van der Waals surface area contributed by atoms with Gasteiger partial charge in [0.1, 0.15) is 0 Å². The number of benzene rings is 7. The van der Waals surface area contributed by atoms with Crippen molar-refractivity contribution in [3.05, 3.63) is 167 Å². The summed E-state index contributed by atoms with van der Waals surface area (Å²) in [7, 11) is 0. The van der Waals surface area contributed by atoms with Gasteiger partial charge in [0.25, 0.3) is 0 Å². The highest BCUT2D eigenvalue weighted by Crippen LogP contribution is 2.71. The van der Waals surface area contributed by atoms with Gasteiger partial charge in [-0.2, -0.15) is 0 Å². The molecule has 0 N–H and O–H groups in total. The molecule has 2 heteroatoms. The lowest BCUT2D eigenvalue weighted by atomic mass is 9.65. The van der Waals surface area contributed by atoms with Crippen molar-refractivity contribution < 1.29 is 0 Å². The third-order valence-corrected chi connectivity index (χ3v) is 18.6. The summed E-state index contributed by atoms with van der Waals surface area (Å²) in [6, 6.07) is 53.5. The zero-order valence-corrected chi connectivity index (χ0v) is 39.6.